The summed E-state index contributed by atoms with van der Waals surface area (Å²) in [5.41, 5.74) is 4.13. The molecule has 5 nitrogen and oxygen atoms in total. The van der Waals surface area contributed by atoms with E-state index in [0.717, 1.165) is 28.6 Å². The molecule has 0 heterocycles. The maximum atomic E-state index is 13.6. The fourth-order valence-electron chi connectivity index (χ4n) is 3.48. The quantitative estimate of drug-likeness (QED) is 0.290. The average molecular weight is 490 g/mol. The first-order valence-electron chi connectivity index (χ1n) is 10.6. The molecule has 1 N–H and O–H groups in total. The van der Waals surface area contributed by atoms with Crippen LogP contribution in [0.25, 0.3) is 11.1 Å². The smallest absolute Gasteiger partial charge is 0.335 e. The van der Waals surface area contributed by atoms with Gasteiger partial charge in [0.1, 0.15) is 0 Å². The van der Waals surface area contributed by atoms with Gasteiger partial charge >= 0.3 is 5.97 Å². The molecule has 0 bridgehead atoms. The Labute approximate surface area is 203 Å². The highest BCUT2D eigenvalue weighted by atomic mass is 32.3. The molecule has 0 aliphatic heterocycles. The van der Waals surface area contributed by atoms with Crippen LogP contribution in [0.15, 0.2) is 108 Å². The van der Waals surface area contributed by atoms with Gasteiger partial charge in [-0.25, -0.2) is 16.9 Å². The van der Waals surface area contributed by atoms with Crippen molar-refractivity contribution < 1.29 is 18.3 Å². The molecular weight excluding hydrogens is 466 g/mol. The second-order valence-electron chi connectivity index (χ2n) is 7.69. The van der Waals surface area contributed by atoms with E-state index in [-0.39, 0.29) is 10.5 Å². The van der Waals surface area contributed by atoms with Gasteiger partial charge < -0.3 is 5.11 Å². The lowest BCUT2D eigenvalue weighted by Gasteiger charge is -2.23. The van der Waals surface area contributed by atoms with Crippen molar-refractivity contribution in [3.05, 3.63) is 120 Å². The van der Waals surface area contributed by atoms with E-state index in [1.807, 2.05) is 60.7 Å². The summed E-state index contributed by atoms with van der Waals surface area (Å²) in [6.07, 6.45) is 0. The summed E-state index contributed by atoms with van der Waals surface area (Å²) in [6.45, 7) is 1.64. The molecule has 4 rings (SSSR count). The number of hydrogen-bond donors (Lipinski definition) is 1. The summed E-state index contributed by atoms with van der Waals surface area (Å²) in [5.74, 6) is -0.743. The Kier molecular flexibility index (Phi) is 7.05. The van der Waals surface area contributed by atoms with Crippen LogP contribution in [0.1, 0.15) is 21.5 Å². The van der Waals surface area contributed by atoms with Crippen molar-refractivity contribution in [1.82, 2.24) is 0 Å². The zero-order valence-corrected chi connectivity index (χ0v) is 20.1. The van der Waals surface area contributed by atoms with E-state index in [1.165, 1.54) is 21.9 Å². The number of anilines is 1. The van der Waals surface area contributed by atoms with Crippen LogP contribution in [-0.4, -0.2) is 19.5 Å². The molecule has 0 atom stereocenters. The number of carbonyl (C=O) groups is 1. The fraction of sp³-hybridized carbons (Fsp3) is 0.0741. The fourth-order valence-corrected chi connectivity index (χ4v) is 6.28. The SMILES string of the molecule is Cc1ccc(S(=O)(=O)N(SCc2ccc(-c3ccccc3)cc2)c2ccccc2)cc1C(=O)O. The van der Waals surface area contributed by atoms with Gasteiger partial charge in [-0.2, -0.15) is 0 Å². The first kappa shape index (κ1) is 23.6. The van der Waals surface area contributed by atoms with Gasteiger partial charge in [0.15, 0.2) is 0 Å². The summed E-state index contributed by atoms with van der Waals surface area (Å²) < 4.78 is 28.4. The minimum absolute atomic E-state index is 0.0319. The monoisotopic (exact) mass is 489 g/mol. The van der Waals surface area contributed by atoms with E-state index in [2.05, 4.69) is 0 Å². The van der Waals surface area contributed by atoms with Gasteiger partial charge in [0.25, 0.3) is 10.0 Å². The summed E-state index contributed by atoms with van der Waals surface area (Å²) in [4.78, 5) is 11.5. The predicted molar refractivity (Wildman–Crippen MR) is 137 cm³/mol. The Bertz CT molecular complexity index is 1390. The number of para-hydroxylation sites is 1. The Balaban J connectivity index is 1.63. The normalized spacial score (nSPS) is 11.2. The van der Waals surface area contributed by atoms with Crippen LogP contribution in [0.3, 0.4) is 0 Å². The molecular formula is C27H23NO4S2. The van der Waals surface area contributed by atoms with Crippen LogP contribution < -0.4 is 3.71 Å². The van der Waals surface area contributed by atoms with E-state index in [0.29, 0.717) is 17.0 Å². The van der Waals surface area contributed by atoms with E-state index < -0.39 is 16.0 Å². The number of hydrogen-bond acceptors (Lipinski definition) is 4. The lowest BCUT2D eigenvalue weighted by molar-refractivity contribution is 0.0696. The van der Waals surface area contributed by atoms with Gasteiger partial charge in [-0.1, -0.05) is 78.9 Å². The number of sulfonamides is 1. The topological polar surface area (TPSA) is 74.7 Å². The van der Waals surface area contributed by atoms with E-state index in [4.69, 9.17) is 0 Å². The number of aryl methyl sites for hydroxylation is 1. The molecule has 172 valence electrons. The summed E-state index contributed by atoms with van der Waals surface area (Å²) in [5, 5.41) is 9.45. The zero-order valence-electron chi connectivity index (χ0n) is 18.5. The molecule has 0 saturated carbocycles. The van der Waals surface area contributed by atoms with Crippen LogP contribution in [0, 0.1) is 6.92 Å². The minimum Gasteiger partial charge on any atom is -0.478 e. The van der Waals surface area contributed by atoms with Crippen molar-refractivity contribution in [2.45, 2.75) is 17.6 Å². The van der Waals surface area contributed by atoms with Gasteiger partial charge in [-0.05, 0) is 65.4 Å². The van der Waals surface area contributed by atoms with Crippen molar-refractivity contribution in [3.8, 4) is 11.1 Å². The number of aromatic carboxylic acids is 1. The van der Waals surface area contributed by atoms with Gasteiger partial charge in [-0.15, -0.1) is 0 Å². The molecule has 0 aliphatic rings. The van der Waals surface area contributed by atoms with Gasteiger partial charge in [0, 0.05) is 5.75 Å². The molecule has 34 heavy (non-hydrogen) atoms. The molecule has 0 amide bonds. The molecule has 4 aromatic rings. The maximum absolute atomic E-state index is 13.6. The van der Waals surface area contributed by atoms with Crippen LogP contribution in [-0.2, 0) is 15.8 Å². The number of nitrogens with zero attached hydrogens (tertiary/aromatic N) is 1. The lowest BCUT2D eigenvalue weighted by atomic mass is 10.0. The largest absolute Gasteiger partial charge is 0.478 e. The highest BCUT2D eigenvalue weighted by molar-refractivity contribution is 8.14. The van der Waals surface area contributed by atoms with Gasteiger partial charge in [-0.3, -0.25) is 0 Å². The zero-order chi connectivity index (χ0) is 24.1. The number of rotatable bonds is 8. The van der Waals surface area contributed by atoms with Crippen molar-refractivity contribution in [2.24, 2.45) is 0 Å². The van der Waals surface area contributed by atoms with E-state index in [9.17, 15) is 18.3 Å². The molecule has 0 aromatic heterocycles. The highest BCUT2D eigenvalue weighted by Crippen LogP contribution is 2.33. The van der Waals surface area contributed by atoms with Crippen molar-refractivity contribution in [3.63, 3.8) is 0 Å². The molecule has 0 aliphatic carbocycles. The third kappa shape index (κ3) is 5.16. The molecule has 0 saturated heterocycles. The Hall–Kier alpha value is -3.55. The third-order valence-electron chi connectivity index (χ3n) is 5.33. The van der Waals surface area contributed by atoms with E-state index >= 15 is 0 Å². The first-order chi connectivity index (χ1) is 16.4. The second kappa shape index (κ2) is 10.2. The number of carboxylic acids is 1. The summed E-state index contributed by atoms with van der Waals surface area (Å²) in [6, 6.07) is 31.0. The summed E-state index contributed by atoms with van der Waals surface area (Å²) >= 11 is 1.15. The molecule has 0 unspecified atom stereocenters. The first-order valence-corrected chi connectivity index (χ1v) is 13.0. The van der Waals surface area contributed by atoms with Crippen LogP contribution in [0.5, 0.6) is 0 Å². The number of carboxylic acid groups (broad SMARTS) is 1. The minimum atomic E-state index is -4.02. The standard InChI is InChI=1S/C27H23NO4S2/c1-20-12-17-25(18-26(20)27(29)30)34(31,32)28(24-10-6-3-7-11-24)33-19-21-13-15-23(16-14-21)22-8-4-2-5-9-22/h2-18H,19H2,1H3,(H,29,30). The summed E-state index contributed by atoms with van der Waals surface area (Å²) in [7, 11) is -4.02. The molecule has 0 radical (unpaired) electrons. The number of benzene rings is 4. The van der Waals surface area contributed by atoms with Crippen molar-refractivity contribution in [1.29, 1.82) is 0 Å². The average Bonchev–Trinajstić information content (AvgIpc) is 2.85. The van der Waals surface area contributed by atoms with Crippen molar-refractivity contribution in [2.75, 3.05) is 3.71 Å². The molecule has 0 spiro atoms. The van der Waals surface area contributed by atoms with Crippen molar-refractivity contribution >= 4 is 33.6 Å². The van der Waals surface area contributed by atoms with Gasteiger partial charge in [0.05, 0.1) is 16.1 Å². The third-order valence-corrected chi connectivity index (χ3v) is 8.64. The van der Waals surface area contributed by atoms with Gasteiger partial charge in [0.2, 0.25) is 0 Å². The second-order valence-corrected chi connectivity index (χ2v) is 10.6. The Morgan fingerprint density at radius 1 is 0.824 bits per heavy atom. The molecule has 0 fully saturated rings. The maximum Gasteiger partial charge on any atom is 0.335 e. The van der Waals surface area contributed by atoms with Crippen LogP contribution in [0.4, 0.5) is 5.69 Å². The Morgan fingerprint density at radius 3 is 2.03 bits per heavy atom. The molecule has 7 heteroatoms. The van der Waals surface area contributed by atoms with Crippen LogP contribution >= 0.6 is 11.9 Å². The Morgan fingerprint density at radius 2 is 1.41 bits per heavy atom. The molecule has 4 aromatic carbocycles. The van der Waals surface area contributed by atoms with E-state index in [1.54, 1.807) is 31.2 Å². The van der Waals surface area contributed by atoms with Crippen LogP contribution in [0.2, 0.25) is 0 Å². The predicted octanol–water partition coefficient (Wildman–Crippen LogP) is 6.40. The lowest BCUT2D eigenvalue weighted by Crippen LogP contribution is -2.25. The highest BCUT2D eigenvalue weighted by Gasteiger charge is 2.27.